The first kappa shape index (κ1) is 24.4. The molecule has 178 valence electrons. The number of hydrogen-bond acceptors (Lipinski definition) is 5. The molecule has 0 radical (unpaired) electrons. The Hall–Kier alpha value is -3.20. The second kappa shape index (κ2) is 7.98. The molecular weight excluding hydrogens is 492 g/mol. The third kappa shape index (κ3) is 5.08. The third-order valence-electron chi connectivity index (χ3n) is 4.21. The SMILES string of the molecule is Cc1cc(OC(F)(F)F)ccc1-c1noc(C(F)(F)F)c1-c1cc(F)c(S(N)(=O)=O)c(F)c1. The van der Waals surface area contributed by atoms with Gasteiger partial charge in [0.05, 0.1) is 5.56 Å². The Morgan fingerprint density at radius 3 is 2.03 bits per heavy atom. The van der Waals surface area contributed by atoms with E-state index in [4.69, 9.17) is 5.14 Å². The van der Waals surface area contributed by atoms with Gasteiger partial charge in [0.25, 0.3) is 0 Å². The van der Waals surface area contributed by atoms with Crippen molar-refractivity contribution in [3.8, 4) is 28.1 Å². The second-order valence-electron chi connectivity index (χ2n) is 6.57. The van der Waals surface area contributed by atoms with Crippen LogP contribution in [-0.2, 0) is 16.2 Å². The average molecular weight is 502 g/mol. The van der Waals surface area contributed by atoms with Crippen LogP contribution in [0.25, 0.3) is 22.4 Å². The van der Waals surface area contributed by atoms with Gasteiger partial charge in [-0.25, -0.2) is 22.3 Å². The van der Waals surface area contributed by atoms with Crippen LogP contribution in [0.5, 0.6) is 5.75 Å². The lowest BCUT2D eigenvalue weighted by molar-refractivity contribution is -0.274. The summed E-state index contributed by atoms with van der Waals surface area (Å²) in [7, 11) is -4.89. The number of nitrogens with two attached hydrogens (primary N) is 1. The molecule has 0 aliphatic carbocycles. The minimum absolute atomic E-state index is 0.0536. The molecule has 2 N–H and O–H groups in total. The van der Waals surface area contributed by atoms with Crippen molar-refractivity contribution in [2.24, 2.45) is 5.14 Å². The van der Waals surface area contributed by atoms with Crippen LogP contribution in [0.15, 0.2) is 39.8 Å². The molecule has 6 nitrogen and oxygen atoms in total. The summed E-state index contributed by atoms with van der Waals surface area (Å²) in [5.74, 6) is -6.02. The normalized spacial score (nSPS) is 12.8. The van der Waals surface area contributed by atoms with E-state index in [0.29, 0.717) is 0 Å². The summed E-state index contributed by atoms with van der Waals surface area (Å²) in [6.45, 7) is 1.22. The molecule has 1 heterocycles. The lowest BCUT2D eigenvalue weighted by Gasteiger charge is -2.12. The van der Waals surface area contributed by atoms with E-state index in [9.17, 15) is 43.5 Å². The van der Waals surface area contributed by atoms with Crippen LogP contribution in [0.4, 0.5) is 35.1 Å². The molecule has 2 aromatic carbocycles. The van der Waals surface area contributed by atoms with Crippen molar-refractivity contribution in [3.05, 3.63) is 53.3 Å². The van der Waals surface area contributed by atoms with E-state index in [-0.39, 0.29) is 23.3 Å². The number of nitrogens with zero attached hydrogens (tertiary/aromatic N) is 1. The maximum Gasteiger partial charge on any atom is 0.573 e. The molecule has 0 bridgehead atoms. The van der Waals surface area contributed by atoms with E-state index in [1.165, 1.54) is 6.92 Å². The van der Waals surface area contributed by atoms with Gasteiger partial charge >= 0.3 is 12.5 Å². The van der Waals surface area contributed by atoms with Gasteiger partial charge in [0.2, 0.25) is 15.8 Å². The van der Waals surface area contributed by atoms with Crippen LogP contribution in [-0.4, -0.2) is 19.9 Å². The van der Waals surface area contributed by atoms with Crippen LogP contribution in [0, 0.1) is 18.6 Å². The monoisotopic (exact) mass is 502 g/mol. The fraction of sp³-hybridized carbons (Fsp3) is 0.167. The second-order valence-corrected chi connectivity index (χ2v) is 8.07. The van der Waals surface area contributed by atoms with E-state index in [1.807, 2.05) is 0 Å². The number of ether oxygens (including phenoxy) is 1. The minimum atomic E-state index is -5.21. The maximum absolute atomic E-state index is 14.3. The number of rotatable bonds is 4. The zero-order chi connectivity index (χ0) is 24.9. The number of aromatic nitrogens is 1. The van der Waals surface area contributed by atoms with Crippen LogP contribution >= 0.6 is 0 Å². The highest BCUT2D eigenvalue weighted by Crippen LogP contribution is 2.44. The number of halogens is 8. The fourth-order valence-electron chi connectivity index (χ4n) is 3.01. The van der Waals surface area contributed by atoms with Crippen molar-refractivity contribution in [2.75, 3.05) is 0 Å². The predicted molar refractivity (Wildman–Crippen MR) is 95.1 cm³/mol. The molecular formula is C18H10F8N2O4S. The molecule has 0 aliphatic heterocycles. The van der Waals surface area contributed by atoms with E-state index in [0.717, 1.165) is 18.2 Å². The largest absolute Gasteiger partial charge is 0.573 e. The Morgan fingerprint density at radius 1 is 1.00 bits per heavy atom. The summed E-state index contributed by atoms with van der Waals surface area (Å²) in [6.07, 6.45) is -10.2. The van der Waals surface area contributed by atoms with Gasteiger partial charge in [0, 0.05) is 5.56 Å². The Kier molecular flexibility index (Phi) is 5.91. The van der Waals surface area contributed by atoms with E-state index in [1.54, 1.807) is 0 Å². The van der Waals surface area contributed by atoms with Crippen molar-refractivity contribution in [3.63, 3.8) is 0 Å². The lowest BCUT2D eigenvalue weighted by atomic mass is 9.96. The summed E-state index contributed by atoms with van der Waals surface area (Å²) < 4.78 is 137. The Bertz CT molecular complexity index is 1310. The molecule has 0 saturated heterocycles. The molecule has 1 aromatic heterocycles. The van der Waals surface area contributed by atoms with Gasteiger partial charge in [0.15, 0.2) is 4.90 Å². The van der Waals surface area contributed by atoms with Crippen LogP contribution < -0.4 is 9.88 Å². The van der Waals surface area contributed by atoms with Gasteiger partial charge in [-0.1, -0.05) is 5.16 Å². The molecule has 3 aromatic rings. The number of primary sulfonamides is 1. The number of hydrogen-bond donors (Lipinski definition) is 1. The van der Waals surface area contributed by atoms with Gasteiger partial charge in [-0.15, -0.1) is 13.2 Å². The third-order valence-corrected chi connectivity index (χ3v) is 5.17. The van der Waals surface area contributed by atoms with Crippen molar-refractivity contribution in [1.29, 1.82) is 0 Å². The lowest BCUT2D eigenvalue weighted by Crippen LogP contribution is -2.17. The average Bonchev–Trinajstić information content (AvgIpc) is 3.03. The number of alkyl halides is 6. The van der Waals surface area contributed by atoms with Crippen molar-refractivity contribution < 1.29 is 52.8 Å². The van der Waals surface area contributed by atoms with Gasteiger partial charge in [-0.05, 0) is 48.4 Å². The summed E-state index contributed by atoms with van der Waals surface area (Å²) >= 11 is 0. The van der Waals surface area contributed by atoms with Crippen molar-refractivity contribution in [2.45, 2.75) is 24.4 Å². The van der Waals surface area contributed by atoms with E-state index >= 15 is 0 Å². The molecule has 0 aliphatic rings. The van der Waals surface area contributed by atoms with Crippen LogP contribution in [0.3, 0.4) is 0 Å². The fourth-order valence-corrected chi connectivity index (χ4v) is 3.67. The highest BCUT2D eigenvalue weighted by atomic mass is 32.2. The molecule has 0 unspecified atom stereocenters. The molecule has 0 fully saturated rings. The van der Waals surface area contributed by atoms with Crippen molar-refractivity contribution in [1.82, 2.24) is 5.16 Å². The molecule has 15 heteroatoms. The molecule has 0 saturated carbocycles. The topological polar surface area (TPSA) is 95.4 Å². The molecule has 0 spiro atoms. The van der Waals surface area contributed by atoms with E-state index in [2.05, 4.69) is 14.4 Å². The molecule has 0 amide bonds. The van der Waals surface area contributed by atoms with E-state index < -0.39 is 67.4 Å². The standard InChI is InChI=1S/C18H10F8N2O4S/c1-7-4-9(31-18(24,25)26)2-3-10(7)14-13(16(32-28-14)17(21,22)23)8-5-11(19)15(12(20)6-8)33(27,29)30/h2-6H,1H3,(H2,27,29,30). The van der Waals surface area contributed by atoms with Gasteiger partial charge in [-0.2, -0.15) is 13.2 Å². The summed E-state index contributed by atoms with van der Waals surface area (Å²) in [5, 5.41) is 7.99. The van der Waals surface area contributed by atoms with Gasteiger partial charge < -0.3 is 9.26 Å². The number of benzene rings is 2. The van der Waals surface area contributed by atoms with Crippen LogP contribution in [0.2, 0.25) is 0 Å². The summed E-state index contributed by atoms with van der Waals surface area (Å²) in [5.41, 5.74) is -2.65. The molecule has 33 heavy (non-hydrogen) atoms. The number of sulfonamides is 1. The minimum Gasteiger partial charge on any atom is -0.406 e. The first-order valence-corrected chi connectivity index (χ1v) is 9.99. The Balaban J connectivity index is 2.26. The predicted octanol–water partition coefficient (Wildman–Crippen LogP) is 5.16. The quantitative estimate of drug-likeness (QED) is 0.498. The summed E-state index contributed by atoms with van der Waals surface area (Å²) in [4.78, 5) is -1.57. The zero-order valence-corrected chi connectivity index (χ0v) is 16.8. The van der Waals surface area contributed by atoms with Crippen LogP contribution in [0.1, 0.15) is 11.3 Å². The Labute approximate surface area is 179 Å². The van der Waals surface area contributed by atoms with Gasteiger partial charge in [-0.3, -0.25) is 0 Å². The maximum atomic E-state index is 14.3. The highest BCUT2D eigenvalue weighted by Gasteiger charge is 2.42. The first-order valence-electron chi connectivity index (χ1n) is 8.45. The Morgan fingerprint density at radius 2 is 1.58 bits per heavy atom. The first-order chi connectivity index (χ1) is 15.0. The molecule has 3 rings (SSSR count). The number of aryl methyl sites for hydroxylation is 1. The van der Waals surface area contributed by atoms with Gasteiger partial charge in [0.1, 0.15) is 23.1 Å². The summed E-state index contributed by atoms with van der Waals surface area (Å²) in [6, 6.07) is 3.13. The van der Waals surface area contributed by atoms with Crippen molar-refractivity contribution >= 4 is 10.0 Å². The molecule has 0 atom stereocenters. The highest BCUT2D eigenvalue weighted by molar-refractivity contribution is 7.89. The smallest absolute Gasteiger partial charge is 0.406 e. The zero-order valence-electron chi connectivity index (χ0n) is 16.0.